The molecule has 1 saturated heterocycles. The van der Waals surface area contributed by atoms with Gasteiger partial charge >= 0.3 is 0 Å². The number of halogens is 2. The Hall–Kier alpha value is -2.51. The molecule has 0 aliphatic carbocycles. The largest absolute Gasteiger partial charge is 0.383 e. The molecule has 1 aliphatic heterocycles. The van der Waals surface area contributed by atoms with E-state index in [9.17, 15) is 9.59 Å². The third-order valence-corrected chi connectivity index (χ3v) is 7.70. The monoisotopic (exact) mass is 514 g/mol. The number of hydrogen-bond donors (Lipinski definition) is 1. The number of carbonyl (C=O) groups excluding carboxylic acids is 2. The summed E-state index contributed by atoms with van der Waals surface area (Å²) in [5.74, 6) is -0.417. The van der Waals surface area contributed by atoms with Crippen LogP contribution in [0.3, 0.4) is 0 Å². The van der Waals surface area contributed by atoms with Crippen molar-refractivity contribution in [1.82, 2.24) is 5.32 Å². The van der Waals surface area contributed by atoms with E-state index in [-0.39, 0.29) is 18.2 Å². The molecule has 2 atom stereocenters. The highest BCUT2D eigenvalue weighted by Gasteiger charge is 2.58. The molecular weight excluding hydrogens is 491 g/mol. The van der Waals surface area contributed by atoms with Crippen molar-refractivity contribution >= 4 is 52.5 Å². The van der Waals surface area contributed by atoms with Crippen molar-refractivity contribution in [2.45, 2.75) is 22.1 Å². The summed E-state index contributed by atoms with van der Waals surface area (Å²) in [7, 11) is 1.58. The van der Waals surface area contributed by atoms with Crippen LogP contribution in [0.15, 0.2) is 83.8 Å². The first kappa shape index (κ1) is 24.6. The fourth-order valence-corrected chi connectivity index (χ4v) is 5.98. The number of rotatable bonds is 8. The zero-order valence-electron chi connectivity index (χ0n) is 18.5. The van der Waals surface area contributed by atoms with Crippen LogP contribution in [-0.4, -0.2) is 36.8 Å². The van der Waals surface area contributed by atoms with Crippen LogP contribution in [-0.2, 0) is 14.3 Å². The highest BCUT2D eigenvalue weighted by Crippen LogP contribution is 2.54. The number of nitrogens with one attached hydrogen (secondary N) is 1. The average molecular weight is 515 g/mol. The van der Waals surface area contributed by atoms with Gasteiger partial charge in [0.15, 0.2) is 0 Å². The Labute approximate surface area is 213 Å². The smallest absolute Gasteiger partial charge is 0.239 e. The highest BCUT2D eigenvalue weighted by atomic mass is 35.5. The van der Waals surface area contributed by atoms with Gasteiger partial charge in [-0.25, -0.2) is 0 Å². The van der Waals surface area contributed by atoms with Crippen molar-refractivity contribution in [2.75, 3.05) is 25.2 Å². The lowest BCUT2D eigenvalue weighted by Gasteiger charge is -2.37. The normalized spacial score (nSPS) is 19.9. The first-order valence-electron chi connectivity index (χ1n) is 10.8. The van der Waals surface area contributed by atoms with Gasteiger partial charge in [-0.2, -0.15) is 0 Å². The summed E-state index contributed by atoms with van der Waals surface area (Å²) < 4.78 is 3.97. The molecule has 1 heterocycles. The van der Waals surface area contributed by atoms with E-state index in [1.54, 1.807) is 36.3 Å². The van der Waals surface area contributed by atoms with Gasteiger partial charge in [0.25, 0.3) is 0 Å². The molecule has 4 rings (SSSR count). The topological polar surface area (TPSA) is 58.6 Å². The maximum atomic E-state index is 13.9. The lowest BCUT2D eigenvalue weighted by Crippen LogP contribution is -2.49. The number of amides is 2. The predicted molar refractivity (Wildman–Crippen MR) is 138 cm³/mol. The molecule has 0 radical (unpaired) electrons. The second-order valence-corrected chi connectivity index (χ2v) is 10.1. The second-order valence-electron chi connectivity index (χ2n) is 7.90. The summed E-state index contributed by atoms with van der Waals surface area (Å²) in [6.45, 7) is 0.700. The van der Waals surface area contributed by atoms with Crippen molar-refractivity contribution in [3.63, 3.8) is 0 Å². The fourth-order valence-electron chi connectivity index (χ4n) is 4.20. The number of thioether (sulfide) groups is 1. The Morgan fingerprint density at radius 1 is 1.06 bits per heavy atom. The van der Waals surface area contributed by atoms with Crippen LogP contribution >= 0.6 is 35.0 Å². The molecule has 0 bridgehead atoms. The van der Waals surface area contributed by atoms with Crippen LogP contribution in [0.5, 0.6) is 0 Å². The maximum Gasteiger partial charge on any atom is 0.239 e. The molecule has 8 heteroatoms. The Morgan fingerprint density at radius 3 is 2.41 bits per heavy atom. The standard InChI is InChI=1S/C26H24Cl2N2O3S/c1-33-16-15-29-25(32)26(34-20-7-3-2-4-8-20)17-23(31)30(22-10-6-5-9-21(22)28)24(26)18-11-13-19(27)14-12-18/h2-14,24H,15-17H2,1H3,(H,29,32). The number of anilines is 1. The molecule has 0 spiro atoms. The summed E-state index contributed by atoms with van der Waals surface area (Å²) in [5, 5.41) is 3.99. The Morgan fingerprint density at radius 2 is 1.74 bits per heavy atom. The lowest BCUT2D eigenvalue weighted by atomic mass is 9.91. The quantitative estimate of drug-likeness (QED) is 0.388. The van der Waals surface area contributed by atoms with Crippen molar-refractivity contribution in [2.24, 2.45) is 0 Å². The predicted octanol–water partition coefficient (Wildman–Crippen LogP) is 5.77. The highest BCUT2D eigenvalue weighted by molar-refractivity contribution is 8.01. The minimum Gasteiger partial charge on any atom is -0.383 e. The van der Waals surface area contributed by atoms with Gasteiger partial charge in [-0.3, -0.25) is 9.59 Å². The number of para-hydroxylation sites is 1. The zero-order chi connectivity index (χ0) is 24.1. The van der Waals surface area contributed by atoms with Gasteiger partial charge in [-0.1, -0.05) is 65.7 Å². The van der Waals surface area contributed by atoms with Gasteiger partial charge in [0.1, 0.15) is 4.75 Å². The zero-order valence-corrected chi connectivity index (χ0v) is 20.9. The first-order chi connectivity index (χ1) is 16.5. The van der Waals surface area contributed by atoms with Gasteiger partial charge < -0.3 is 15.0 Å². The molecule has 0 aromatic heterocycles. The molecule has 2 unspecified atom stereocenters. The molecule has 0 saturated carbocycles. The van der Waals surface area contributed by atoms with Crippen LogP contribution in [0.2, 0.25) is 10.0 Å². The third kappa shape index (κ3) is 4.96. The van der Waals surface area contributed by atoms with Gasteiger partial charge in [-0.05, 0) is 42.0 Å². The Bertz CT molecular complexity index is 1160. The van der Waals surface area contributed by atoms with Gasteiger partial charge in [0.05, 0.1) is 29.8 Å². The lowest BCUT2D eigenvalue weighted by molar-refractivity contribution is -0.125. The van der Waals surface area contributed by atoms with Crippen LogP contribution in [0.1, 0.15) is 18.0 Å². The minimum absolute atomic E-state index is 0.00386. The van der Waals surface area contributed by atoms with E-state index in [0.717, 1.165) is 10.5 Å². The van der Waals surface area contributed by atoms with E-state index in [0.29, 0.717) is 28.9 Å². The number of nitrogens with zero attached hydrogens (tertiary/aromatic N) is 1. The molecule has 1 N–H and O–H groups in total. The van der Waals surface area contributed by atoms with Crippen LogP contribution in [0.4, 0.5) is 5.69 Å². The number of ether oxygens (including phenoxy) is 1. The molecule has 2 amide bonds. The molecule has 1 aliphatic rings. The van der Waals surface area contributed by atoms with Crippen LogP contribution in [0.25, 0.3) is 0 Å². The number of benzene rings is 3. The molecular formula is C26H24Cl2N2O3S. The van der Waals surface area contributed by atoms with E-state index < -0.39 is 10.8 Å². The van der Waals surface area contributed by atoms with Crippen molar-refractivity contribution in [1.29, 1.82) is 0 Å². The van der Waals surface area contributed by atoms with E-state index in [2.05, 4.69) is 5.32 Å². The molecule has 3 aromatic carbocycles. The number of carbonyl (C=O) groups is 2. The maximum absolute atomic E-state index is 13.9. The van der Waals surface area contributed by atoms with E-state index in [1.807, 2.05) is 54.6 Å². The van der Waals surface area contributed by atoms with Gasteiger partial charge in [0.2, 0.25) is 11.8 Å². The average Bonchev–Trinajstić information content (AvgIpc) is 3.13. The molecule has 34 heavy (non-hydrogen) atoms. The second kappa shape index (κ2) is 10.8. The molecule has 176 valence electrons. The summed E-state index contributed by atoms with van der Waals surface area (Å²) in [4.78, 5) is 30.1. The molecule has 5 nitrogen and oxygen atoms in total. The van der Waals surface area contributed by atoms with Gasteiger partial charge in [-0.15, -0.1) is 11.8 Å². The fraction of sp³-hybridized carbons (Fsp3) is 0.231. The van der Waals surface area contributed by atoms with Crippen LogP contribution in [0, 0.1) is 0 Å². The number of hydrogen-bond acceptors (Lipinski definition) is 4. The van der Waals surface area contributed by atoms with Crippen molar-refractivity contribution < 1.29 is 14.3 Å². The molecule has 1 fully saturated rings. The Kier molecular flexibility index (Phi) is 7.84. The first-order valence-corrected chi connectivity index (χ1v) is 12.4. The summed E-state index contributed by atoms with van der Waals surface area (Å²) in [5.41, 5.74) is 1.36. The summed E-state index contributed by atoms with van der Waals surface area (Å²) in [6.07, 6.45) is 0.00386. The number of methoxy groups -OCH3 is 1. The van der Waals surface area contributed by atoms with Crippen molar-refractivity contribution in [3.05, 3.63) is 94.5 Å². The Balaban J connectivity index is 1.89. The van der Waals surface area contributed by atoms with Crippen molar-refractivity contribution in [3.8, 4) is 0 Å². The van der Waals surface area contributed by atoms with Gasteiger partial charge in [0, 0.05) is 23.6 Å². The van der Waals surface area contributed by atoms with E-state index in [1.165, 1.54) is 11.8 Å². The van der Waals surface area contributed by atoms with E-state index in [4.69, 9.17) is 27.9 Å². The third-order valence-electron chi connectivity index (χ3n) is 5.70. The summed E-state index contributed by atoms with van der Waals surface area (Å²) >= 11 is 14.1. The van der Waals surface area contributed by atoms with Crippen LogP contribution < -0.4 is 10.2 Å². The van der Waals surface area contributed by atoms with E-state index >= 15 is 0 Å². The molecule has 3 aromatic rings. The minimum atomic E-state index is -1.15. The SMILES string of the molecule is COCCNC(=O)C1(Sc2ccccc2)CC(=O)N(c2ccccc2Cl)C1c1ccc(Cl)cc1. The summed E-state index contributed by atoms with van der Waals surface area (Å²) in [6, 6.07) is 23.5.